The molecule has 3 rings (SSSR count). The maximum atomic E-state index is 13.7. The summed E-state index contributed by atoms with van der Waals surface area (Å²) in [6.07, 6.45) is 0. The van der Waals surface area contributed by atoms with Crippen LogP contribution in [-0.4, -0.2) is 33.9 Å². The molecule has 1 saturated heterocycles. The van der Waals surface area contributed by atoms with Crippen molar-refractivity contribution < 1.29 is 14.3 Å². The Morgan fingerprint density at radius 1 is 1.56 bits per heavy atom. The third kappa shape index (κ3) is 1.49. The number of fused-ring (bicyclic) bond motifs is 1. The summed E-state index contributed by atoms with van der Waals surface area (Å²) in [4.78, 5) is 10.9. The number of aryl methyl sites for hydroxylation is 1. The number of nitrogens with zero attached hydrogens (tertiary/aromatic N) is 2. The van der Waals surface area contributed by atoms with Gasteiger partial charge in [-0.1, -0.05) is 0 Å². The third-order valence-corrected chi connectivity index (χ3v) is 3.32. The van der Waals surface area contributed by atoms with Crippen LogP contribution in [-0.2, 0) is 0 Å². The first kappa shape index (κ1) is 11.2. The Kier molecular flexibility index (Phi) is 2.34. The first-order valence-corrected chi connectivity index (χ1v) is 5.70. The van der Waals surface area contributed by atoms with Crippen molar-refractivity contribution in [3.63, 3.8) is 0 Å². The number of nitrogens with one attached hydrogen (secondary N) is 1. The summed E-state index contributed by atoms with van der Waals surface area (Å²) in [6.45, 7) is 3.41. The second-order valence-electron chi connectivity index (χ2n) is 4.50. The number of carboxylic acid groups (broad SMARTS) is 1. The minimum absolute atomic E-state index is 0.219. The van der Waals surface area contributed by atoms with E-state index in [0.29, 0.717) is 10.9 Å². The Morgan fingerprint density at radius 3 is 2.83 bits per heavy atom. The molecule has 1 fully saturated rings. The summed E-state index contributed by atoms with van der Waals surface area (Å²) in [5.41, 5.74) is 1.07. The average molecular weight is 249 g/mol. The van der Waals surface area contributed by atoms with E-state index in [1.54, 1.807) is 11.6 Å². The number of aromatic nitrogens is 2. The van der Waals surface area contributed by atoms with Crippen LogP contribution in [0.25, 0.3) is 10.9 Å². The van der Waals surface area contributed by atoms with Gasteiger partial charge in [0.1, 0.15) is 5.82 Å². The summed E-state index contributed by atoms with van der Waals surface area (Å²) in [6, 6.07) is 2.84. The molecule has 0 unspecified atom stereocenters. The molecule has 1 aromatic heterocycles. The van der Waals surface area contributed by atoms with Gasteiger partial charge in [-0.25, -0.2) is 9.18 Å². The second kappa shape index (κ2) is 3.78. The highest BCUT2D eigenvalue weighted by atomic mass is 19.1. The lowest BCUT2D eigenvalue weighted by atomic mass is 10.1. The summed E-state index contributed by atoms with van der Waals surface area (Å²) < 4.78 is 15.5. The van der Waals surface area contributed by atoms with Crippen LogP contribution in [0.15, 0.2) is 12.1 Å². The Morgan fingerprint density at radius 2 is 2.28 bits per heavy atom. The Labute approximate surface area is 102 Å². The normalized spacial score (nSPS) is 15.9. The van der Waals surface area contributed by atoms with E-state index < -0.39 is 11.8 Å². The molecule has 18 heavy (non-hydrogen) atoms. The monoisotopic (exact) mass is 249 g/mol. The molecule has 0 radical (unpaired) electrons. The summed E-state index contributed by atoms with van der Waals surface area (Å²) in [5, 5.41) is 17.1. The number of carbonyl (C=O) groups is 1. The zero-order valence-corrected chi connectivity index (χ0v) is 9.77. The first-order chi connectivity index (χ1) is 8.58. The molecule has 2 heterocycles. The molecule has 94 valence electrons. The zero-order chi connectivity index (χ0) is 12.9. The molecule has 2 N–H and O–H groups in total. The molecule has 6 heteroatoms. The van der Waals surface area contributed by atoms with E-state index in [9.17, 15) is 9.18 Å². The standard InChI is InChI=1S/C12H12FN3O2/c1-6-8-2-9(12(17)18)10(13)3-11(8)16(15-6)7-4-14-5-7/h2-3,7,14H,4-5H2,1H3,(H,17,18). The van der Waals surface area contributed by atoms with Crippen LogP contribution in [0.1, 0.15) is 22.1 Å². The molecule has 2 aromatic rings. The number of hydrogen-bond donors (Lipinski definition) is 2. The Hall–Kier alpha value is -1.95. The van der Waals surface area contributed by atoms with Gasteiger partial charge in [0.2, 0.25) is 0 Å². The molecule has 0 aliphatic carbocycles. The van der Waals surface area contributed by atoms with Gasteiger partial charge in [0, 0.05) is 24.5 Å². The van der Waals surface area contributed by atoms with Crippen molar-refractivity contribution in [2.24, 2.45) is 0 Å². The highest BCUT2D eigenvalue weighted by Gasteiger charge is 2.24. The van der Waals surface area contributed by atoms with Crippen LogP contribution < -0.4 is 5.32 Å². The maximum Gasteiger partial charge on any atom is 0.338 e. The van der Waals surface area contributed by atoms with Gasteiger partial charge in [0.15, 0.2) is 0 Å². The lowest BCUT2D eigenvalue weighted by Gasteiger charge is -2.28. The minimum Gasteiger partial charge on any atom is -0.478 e. The third-order valence-electron chi connectivity index (χ3n) is 3.32. The zero-order valence-electron chi connectivity index (χ0n) is 9.77. The van der Waals surface area contributed by atoms with E-state index in [0.717, 1.165) is 18.8 Å². The quantitative estimate of drug-likeness (QED) is 0.842. The lowest BCUT2D eigenvalue weighted by Crippen LogP contribution is -2.43. The molecule has 1 aliphatic heterocycles. The second-order valence-corrected chi connectivity index (χ2v) is 4.50. The van der Waals surface area contributed by atoms with Crippen molar-refractivity contribution >= 4 is 16.9 Å². The van der Waals surface area contributed by atoms with Gasteiger partial charge in [-0.15, -0.1) is 0 Å². The highest BCUT2D eigenvalue weighted by molar-refractivity contribution is 5.94. The molecule has 1 aliphatic rings. The fourth-order valence-corrected chi connectivity index (χ4v) is 2.20. The van der Waals surface area contributed by atoms with Gasteiger partial charge in [0.05, 0.1) is 22.8 Å². The van der Waals surface area contributed by atoms with E-state index in [1.165, 1.54) is 12.1 Å². The molecule has 0 atom stereocenters. The van der Waals surface area contributed by atoms with Crippen LogP contribution >= 0.6 is 0 Å². The van der Waals surface area contributed by atoms with Crippen molar-refractivity contribution in [1.82, 2.24) is 15.1 Å². The largest absolute Gasteiger partial charge is 0.478 e. The summed E-state index contributed by atoms with van der Waals surface area (Å²) in [7, 11) is 0. The number of aromatic carboxylic acids is 1. The topological polar surface area (TPSA) is 67.2 Å². The Balaban J connectivity index is 2.24. The van der Waals surface area contributed by atoms with Crippen molar-refractivity contribution in [3.05, 3.63) is 29.2 Å². The predicted octanol–water partition coefficient (Wildman–Crippen LogP) is 1.33. The number of carboxylic acids is 1. The van der Waals surface area contributed by atoms with E-state index in [-0.39, 0.29) is 11.6 Å². The molecule has 1 aromatic carbocycles. The fraction of sp³-hybridized carbons (Fsp3) is 0.333. The van der Waals surface area contributed by atoms with E-state index in [4.69, 9.17) is 5.11 Å². The first-order valence-electron chi connectivity index (χ1n) is 5.70. The molecule has 0 saturated carbocycles. The van der Waals surface area contributed by atoms with Crippen LogP contribution in [0.4, 0.5) is 4.39 Å². The van der Waals surface area contributed by atoms with Gasteiger partial charge in [-0.2, -0.15) is 5.10 Å². The maximum absolute atomic E-state index is 13.7. The number of benzene rings is 1. The smallest absolute Gasteiger partial charge is 0.338 e. The van der Waals surface area contributed by atoms with E-state index in [1.807, 2.05) is 0 Å². The van der Waals surface area contributed by atoms with Crippen LogP contribution in [0.5, 0.6) is 0 Å². The van der Waals surface area contributed by atoms with Crippen LogP contribution in [0, 0.1) is 12.7 Å². The molecular formula is C12H12FN3O2. The Bertz CT molecular complexity index is 646. The van der Waals surface area contributed by atoms with Crippen molar-refractivity contribution in [2.45, 2.75) is 13.0 Å². The summed E-state index contributed by atoms with van der Waals surface area (Å²) in [5.74, 6) is -1.98. The molecule has 0 amide bonds. The van der Waals surface area contributed by atoms with Crippen molar-refractivity contribution in [1.29, 1.82) is 0 Å². The predicted molar refractivity (Wildman–Crippen MR) is 63.3 cm³/mol. The van der Waals surface area contributed by atoms with Crippen molar-refractivity contribution in [3.8, 4) is 0 Å². The van der Waals surface area contributed by atoms with Gasteiger partial charge in [-0.05, 0) is 13.0 Å². The van der Waals surface area contributed by atoms with E-state index in [2.05, 4.69) is 10.4 Å². The van der Waals surface area contributed by atoms with Gasteiger partial charge in [-0.3, -0.25) is 4.68 Å². The average Bonchev–Trinajstić information content (AvgIpc) is 2.52. The molecule has 0 bridgehead atoms. The molecule has 0 spiro atoms. The van der Waals surface area contributed by atoms with Gasteiger partial charge < -0.3 is 10.4 Å². The van der Waals surface area contributed by atoms with Gasteiger partial charge in [0.25, 0.3) is 0 Å². The highest BCUT2D eigenvalue weighted by Crippen LogP contribution is 2.26. The molecular weight excluding hydrogens is 237 g/mol. The van der Waals surface area contributed by atoms with Crippen molar-refractivity contribution in [2.75, 3.05) is 13.1 Å². The number of rotatable bonds is 2. The number of halogens is 1. The summed E-state index contributed by atoms with van der Waals surface area (Å²) >= 11 is 0. The van der Waals surface area contributed by atoms with Crippen LogP contribution in [0.3, 0.4) is 0 Å². The van der Waals surface area contributed by atoms with Gasteiger partial charge >= 0.3 is 5.97 Å². The SMILES string of the molecule is Cc1nn(C2CNC2)c2cc(F)c(C(=O)O)cc12. The van der Waals surface area contributed by atoms with Crippen LogP contribution in [0.2, 0.25) is 0 Å². The fourth-order valence-electron chi connectivity index (χ4n) is 2.20. The molecule has 5 nitrogen and oxygen atoms in total. The lowest BCUT2D eigenvalue weighted by molar-refractivity contribution is 0.0692. The van der Waals surface area contributed by atoms with E-state index >= 15 is 0 Å². The number of hydrogen-bond acceptors (Lipinski definition) is 3. The minimum atomic E-state index is -1.26.